The van der Waals surface area contributed by atoms with Gasteiger partial charge in [0.05, 0.1) is 16.8 Å². The first-order valence-corrected chi connectivity index (χ1v) is 4.62. The van der Waals surface area contributed by atoms with Crippen LogP contribution in [0.25, 0.3) is 11.3 Å². The highest BCUT2D eigenvalue weighted by atomic mass is 35.5. The van der Waals surface area contributed by atoms with Crippen LogP contribution >= 0.6 is 11.6 Å². The molecule has 2 aromatic rings. The maximum Gasteiger partial charge on any atom is 0.155 e. The second-order valence-electron chi connectivity index (χ2n) is 3.11. The molecule has 78 valence electrons. The number of halogens is 1. The maximum absolute atomic E-state index is 10.9. The zero-order valence-electron chi connectivity index (χ0n) is 8.19. The molecule has 0 bridgehead atoms. The second-order valence-corrected chi connectivity index (χ2v) is 3.47. The van der Waals surface area contributed by atoms with Crippen molar-refractivity contribution in [2.75, 3.05) is 0 Å². The first kappa shape index (κ1) is 9.92. The lowest BCUT2D eigenvalue weighted by Crippen LogP contribution is -1.89. The SMILES string of the molecule is Cc1nocc1-c1nn(C)c(Cl)c1C=O. The number of aromatic nitrogens is 3. The van der Waals surface area contributed by atoms with Gasteiger partial charge in [-0.05, 0) is 6.92 Å². The molecule has 0 radical (unpaired) electrons. The highest BCUT2D eigenvalue weighted by Gasteiger charge is 2.18. The van der Waals surface area contributed by atoms with Gasteiger partial charge in [0.25, 0.3) is 0 Å². The Morgan fingerprint density at radius 1 is 1.60 bits per heavy atom. The largest absolute Gasteiger partial charge is 0.364 e. The molecule has 0 spiro atoms. The fourth-order valence-electron chi connectivity index (χ4n) is 1.34. The standard InChI is InChI=1S/C9H8ClN3O2/c1-5-7(4-15-12-5)8-6(3-14)9(10)13(2)11-8/h3-4H,1-2H3. The lowest BCUT2D eigenvalue weighted by molar-refractivity contribution is 0.112. The molecule has 0 atom stereocenters. The Morgan fingerprint density at radius 3 is 2.87 bits per heavy atom. The third-order valence-electron chi connectivity index (χ3n) is 2.13. The van der Waals surface area contributed by atoms with Gasteiger partial charge in [-0.3, -0.25) is 9.48 Å². The van der Waals surface area contributed by atoms with Crippen LogP contribution in [0.2, 0.25) is 5.15 Å². The average Bonchev–Trinajstić information content (AvgIpc) is 2.73. The molecule has 0 saturated carbocycles. The van der Waals surface area contributed by atoms with Crippen molar-refractivity contribution in [3.8, 4) is 11.3 Å². The van der Waals surface area contributed by atoms with E-state index in [9.17, 15) is 4.79 Å². The lowest BCUT2D eigenvalue weighted by atomic mass is 10.1. The summed E-state index contributed by atoms with van der Waals surface area (Å²) in [5, 5.41) is 8.17. The van der Waals surface area contributed by atoms with Gasteiger partial charge in [-0.15, -0.1) is 0 Å². The molecule has 5 nitrogen and oxygen atoms in total. The number of hydrogen-bond donors (Lipinski definition) is 0. The van der Waals surface area contributed by atoms with E-state index in [4.69, 9.17) is 16.1 Å². The highest BCUT2D eigenvalue weighted by Crippen LogP contribution is 2.28. The predicted octanol–water partition coefficient (Wildman–Crippen LogP) is 1.85. The van der Waals surface area contributed by atoms with Gasteiger partial charge in [-0.2, -0.15) is 5.10 Å². The Kier molecular flexibility index (Phi) is 2.32. The van der Waals surface area contributed by atoms with E-state index in [1.54, 1.807) is 14.0 Å². The van der Waals surface area contributed by atoms with Gasteiger partial charge in [0.2, 0.25) is 0 Å². The number of hydrogen-bond acceptors (Lipinski definition) is 4. The van der Waals surface area contributed by atoms with E-state index in [0.29, 0.717) is 34.0 Å². The van der Waals surface area contributed by atoms with Crippen molar-refractivity contribution >= 4 is 17.9 Å². The molecule has 0 saturated heterocycles. The lowest BCUT2D eigenvalue weighted by Gasteiger charge is -1.91. The molecule has 6 heteroatoms. The molecule has 0 fully saturated rings. The fourth-order valence-corrected chi connectivity index (χ4v) is 1.51. The van der Waals surface area contributed by atoms with Crippen molar-refractivity contribution in [1.29, 1.82) is 0 Å². The van der Waals surface area contributed by atoms with Crippen molar-refractivity contribution in [1.82, 2.24) is 14.9 Å². The molecule has 0 aliphatic rings. The van der Waals surface area contributed by atoms with Gasteiger partial charge < -0.3 is 4.52 Å². The van der Waals surface area contributed by atoms with Crippen LogP contribution in [0.4, 0.5) is 0 Å². The van der Waals surface area contributed by atoms with E-state index in [2.05, 4.69) is 10.3 Å². The van der Waals surface area contributed by atoms with Crippen LogP contribution in [0.3, 0.4) is 0 Å². The summed E-state index contributed by atoms with van der Waals surface area (Å²) in [5.41, 5.74) is 2.20. The van der Waals surface area contributed by atoms with Gasteiger partial charge in [0, 0.05) is 7.05 Å². The summed E-state index contributed by atoms with van der Waals surface area (Å²) >= 11 is 5.90. The molecule has 2 aromatic heterocycles. The van der Waals surface area contributed by atoms with Crippen molar-refractivity contribution in [3.63, 3.8) is 0 Å². The molecular weight excluding hydrogens is 218 g/mol. The van der Waals surface area contributed by atoms with Crippen molar-refractivity contribution in [2.45, 2.75) is 6.92 Å². The van der Waals surface area contributed by atoms with Gasteiger partial charge in [0.15, 0.2) is 6.29 Å². The van der Waals surface area contributed by atoms with Crippen molar-refractivity contribution in [3.05, 3.63) is 22.7 Å². The summed E-state index contributed by atoms with van der Waals surface area (Å²) in [6.45, 7) is 1.77. The Balaban J connectivity index is 2.68. The second kappa shape index (κ2) is 3.51. The number of aldehydes is 1. The Labute approximate surface area is 90.6 Å². The topological polar surface area (TPSA) is 60.9 Å². The van der Waals surface area contributed by atoms with E-state index in [-0.39, 0.29) is 0 Å². The number of carbonyl (C=O) groups is 1. The predicted molar refractivity (Wildman–Crippen MR) is 53.8 cm³/mol. The zero-order chi connectivity index (χ0) is 11.0. The summed E-state index contributed by atoms with van der Waals surface area (Å²) in [4.78, 5) is 10.9. The van der Waals surface area contributed by atoms with Crippen LogP contribution in [0.15, 0.2) is 10.8 Å². The zero-order valence-corrected chi connectivity index (χ0v) is 8.95. The minimum Gasteiger partial charge on any atom is -0.364 e. The summed E-state index contributed by atoms with van der Waals surface area (Å²) in [6.07, 6.45) is 2.12. The maximum atomic E-state index is 10.9. The third-order valence-corrected chi connectivity index (χ3v) is 2.58. The van der Waals surface area contributed by atoms with Crippen LogP contribution in [0.1, 0.15) is 16.1 Å². The number of aryl methyl sites for hydroxylation is 2. The molecule has 0 amide bonds. The van der Waals surface area contributed by atoms with Crippen LogP contribution < -0.4 is 0 Å². The molecule has 0 aromatic carbocycles. The van der Waals surface area contributed by atoms with E-state index >= 15 is 0 Å². The van der Waals surface area contributed by atoms with Crippen LogP contribution in [-0.2, 0) is 7.05 Å². The van der Waals surface area contributed by atoms with E-state index in [1.165, 1.54) is 10.9 Å². The van der Waals surface area contributed by atoms with E-state index < -0.39 is 0 Å². The molecular formula is C9H8ClN3O2. The molecule has 2 heterocycles. The monoisotopic (exact) mass is 225 g/mol. The first-order valence-electron chi connectivity index (χ1n) is 4.24. The van der Waals surface area contributed by atoms with E-state index in [0.717, 1.165) is 0 Å². The normalized spacial score (nSPS) is 10.6. The molecule has 0 aliphatic carbocycles. The first-order chi connectivity index (χ1) is 7.15. The molecule has 0 unspecified atom stereocenters. The van der Waals surface area contributed by atoms with E-state index in [1.807, 2.05) is 0 Å². The minimum absolute atomic E-state index is 0.306. The number of carbonyl (C=O) groups excluding carboxylic acids is 1. The molecule has 15 heavy (non-hydrogen) atoms. The van der Waals surface area contributed by atoms with Gasteiger partial charge in [0.1, 0.15) is 17.1 Å². The fraction of sp³-hybridized carbons (Fsp3) is 0.222. The molecule has 0 aliphatic heterocycles. The van der Waals surface area contributed by atoms with Crippen LogP contribution in [0.5, 0.6) is 0 Å². The summed E-state index contributed by atoms with van der Waals surface area (Å²) in [6, 6.07) is 0. The summed E-state index contributed by atoms with van der Waals surface area (Å²) in [5.74, 6) is 0. The van der Waals surface area contributed by atoms with Gasteiger partial charge in [-0.1, -0.05) is 16.8 Å². The van der Waals surface area contributed by atoms with Gasteiger partial charge >= 0.3 is 0 Å². The van der Waals surface area contributed by atoms with Crippen molar-refractivity contribution in [2.24, 2.45) is 7.05 Å². The number of rotatable bonds is 2. The Morgan fingerprint density at radius 2 is 2.33 bits per heavy atom. The van der Waals surface area contributed by atoms with Crippen LogP contribution in [0, 0.1) is 6.92 Å². The molecule has 0 N–H and O–H groups in total. The summed E-state index contributed by atoms with van der Waals surface area (Å²) < 4.78 is 6.23. The third kappa shape index (κ3) is 1.45. The smallest absolute Gasteiger partial charge is 0.155 e. The van der Waals surface area contributed by atoms with Gasteiger partial charge in [-0.25, -0.2) is 0 Å². The Bertz CT molecular complexity index is 515. The molecule has 2 rings (SSSR count). The quantitative estimate of drug-likeness (QED) is 0.732. The average molecular weight is 226 g/mol. The number of nitrogens with zero attached hydrogens (tertiary/aromatic N) is 3. The van der Waals surface area contributed by atoms with Crippen LogP contribution in [-0.4, -0.2) is 21.2 Å². The summed E-state index contributed by atoms with van der Waals surface area (Å²) in [7, 11) is 1.67. The highest BCUT2D eigenvalue weighted by molar-refractivity contribution is 6.32. The Hall–Kier alpha value is -1.62. The minimum atomic E-state index is 0.306. The van der Waals surface area contributed by atoms with Crippen molar-refractivity contribution < 1.29 is 9.32 Å².